The van der Waals surface area contributed by atoms with Crippen LogP contribution in [0.4, 0.5) is 5.69 Å². The molecule has 0 unspecified atom stereocenters. The summed E-state index contributed by atoms with van der Waals surface area (Å²) in [5, 5.41) is 0. The van der Waals surface area contributed by atoms with Crippen molar-refractivity contribution in [3.63, 3.8) is 0 Å². The normalized spacial score (nSPS) is 16.8. The van der Waals surface area contributed by atoms with E-state index in [0.717, 1.165) is 5.69 Å². The molecular formula is C15H12N2O2S2. The number of carbonyl (C=O) groups excluding carboxylic acids is 1. The highest BCUT2D eigenvalue weighted by molar-refractivity contribution is 8.27. The van der Waals surface area contributed by atoms with E-state index in [9.17, 15) is 4.79 Å². The van der Waals surface area contributed by atoms with Gasteiger partial charge < -0.3 is 9.72 Å². The Morgan fingerprint density at radius 2 is 2.10 bits per heavy atom. The van der Waals surface area contributed by atoms with Crippen LogP contribution in [0.15, 0.2) is 47.5 Å². The average Bonchev–Trinajstić information content (AvgIpc) is 3.09. The number of thiocarbonyl (C=S) groups is 1. The second-order valence-corrected chi connectivity index (χ2v) is 5.99. The molecule has 1 N–H and O–H groups in total. The smallest absolute Gasteiger partial charge is 0.270 e. The van der Waals surface area contributed by atoms with E-state index in [1.807, 2.05) is 42.6 Å². The van der Waals surface area contributed by atoms with Gasteiger partial charge in [0, 0.05) is 11.9 Å². The molecule has 2 aromatic rings. The third-order valence-corrected chi connectivity index (χ3v) is 4.33. The fraction of sp³-hybridized carbons (Fsp3) is 0.0667. The number of amides is 1. The zero-order valence-electron chi connectivity index (χ0n) is 11.2. The Morgan fingerprint density at radius 3 is 2.81 bits per heavy atom. The molecule has 21 heavy (non-hydrogen) atoms. The number of para-hydroxylation sites is 2. The number of hydrogen-bond acceptors (Lipinski definition) is 4. The minimum atomic E-state index is -0.135. The van der Waals surface area contributed by atoms with Gasteiger partial charge in [0.2, 0.25) is 0 Å². The Bertz CT molecular complexity index is 723. The van der Waals surface area contributed by atoms with Gasteiger partial charge in [-0.25, -0.2) is 0 Å². The van der Waals surface area contributed by atoms with E-state index in [1.165, 1.54) is 16.7 Å². The standard InChI is InChI=1S/C15H12N2O2S2/c1-19-12-7-3-2-6-11(12)17-14(18)13(21-15(17)20)9-10-5-4-8-16-10/h2-9,16H,1H3. The van der Waals surface area contributed by atoms with Crippen molar-refractivity contribution in [1.29, 1.82) is 0 Å². The van der Waals surface area contributed by atoms with Crippen LogP contribution in [0.25, 0.3) is 6.08 Å². The van der Waals surface area contributed by atoms with E-state index < -0.39 is 0 Å². The monoisotopic (exact) mass is 316 g/mol. The number of thioether (sulfide) groups is 1. The van der Waals surface area contributed by atoms with E-state index in [2.05, 4.69) is 4.98 Å². The highest BCUT2D eigenvalue weighted by Crippen LogP contribution is 2.39. The van der Waals surface area contributed by atoms with E-state index in [-0.39, 0.29) is 5.91 Å². The van der Waals surface area contributed by atoms with Gasteiger partial charge in [-0.2, -0.15) is 0 Å². The molecule has 3 rings (SSSR count). The fourth-order valence-electron chi connectivity index (χ4n) is 2.07. The molecule has 1 saturated heterocycles. The van der Waals surface area contributed by atoms with E-state index in [1.54, 1.807) is 13.2 Å². The molecule has 106 valence electrons. The predicted octanol–water partition coefficient (Wildman–Crippen LogP) is 3.43. The summed E-state index contributed by atoms with van der Waals surface area (Å²) < 4.78 is 5.81. The van der Waals surface area contributed by atoms with Crippen LogP contribution in [0, 0.1) is 0 Å². The molecule has 0 spiro atoms. The number of carbonyl (C=O) groups is 1. The number of rotatable bonds is 3. The van der Waals surface area contributed by atoms with Crippen LogP contribution in [0.3, 0.4) is 0 Å². The van der Waals surface area contributed by atoms with Crippen LogP contribution >= 0.6 is 24.0 Å². The van der Waals surface area contributed by atoms with Crippen molar-refractivity contribution in [2.75, 3.05) is 12.0 Å². The van der Waals surface area contributed by atoms with Crippen molar-refractivity contribution in [1.82, 2.24) is 4.98 Å². The summed E-state index contributed by atoms with van der Waals surface area (Å²) in [5.41, 5.74) is 1.54. The summed E-state index contributed by atoms with van der Waals surface area (Å²) in [6, 6.07) is 11.1. The van der Waals surface area contributed by atoms with Gasteiger partial charge in [-0.1, -0.05) is 36.1 Å². The number of benzene rings is 1. The summed E-state index contributed by atoms with van der Waals surface area (Å²) in [6.45, 7) is 0. The summed E-state index contributed by atoms with van der Waals surface area (Å²) in [4.78, 5) is 17.7. The Hall–Kier alpha value is -2.05. The third kappa shape index (κ3) is 2.59. The highest BCUT2D eigenvalue weighted by Gasteiger charge is 2.34. The average molecular weight is 316 g/mol. The van der Waals surface area contributed by atoms with Crippen molar-refractivity contribution >= 4 is 46.0 Å². The van der Waals surface area contributed by atoms with Crippen LogP contribution in [-0.2, 0) is 4.79 Å². The number of methoxy groups -OCH3 is 1. The topological polar surface area (TPSA) is 45.3 Å². The Balaban J connectivity index is 1.98. The minimum absolute atomic E-state index is 0.135. The van der Waals surface area contributed by atoms with Crippen molar-refractivity contribution in [3.05, 3.63) is 53.2 Å². The SMILES string of the molecule is COc1ccccc1N1C(=O)C(=Cc2ccc[nH]2)SC1=S. The number of hydrogen-bond donors (Lipinski definition) is 1. The lowest BCUT2D eigenvalue weighted by Crippen LogP contribution is -2.27. The van der Waals surface area contributed by atoms with Crippen molar-refractivity contribution in [2.24, 2.45) is 0 Å². The molecule has 1 amide bonds. The fourth-order valence-corrected chi connectivity index (χ4v) is 3.34. The molecule has 0 radical (unpaired) electrons. The number of aromatic amines is 1. The molecule has 0 saturated carbocycles. The molecule has 1 aromatic carbocycles. The number of H-pyrrole nitrogens is 1. The lowest BCUT2D eigenvalue weighted by Gasteiger charge is -2.17. The van der Waals surface area contributed by atoms with Crippen molar-refractivity contribution in [2.45, 2.75) is 0 Å². The van der Waals surface area contributed by atoms with Crippen molar-refractivity contribution < 1.29 is 9.53 Å². The summed E-state index contributed by atoms with van der Waals surface area (Å²) >= 11 is 6.63. The zero-order valence-corrected chi connectivity index (χ0v) is 12.8. The first-order valence-corrected chi connectivity index (χ1v) is 7.47. The predicted molar refractivity (Wildman–Crippen MR) is 89.4 cm³/mol. The number of nitrogens with one attached hydrogen (secondary N) is 1. The second-order valence-electron chi connectivity index (χ2n) is 4.31. The first kappa shape index (κ1) is 13.9. The van der Waals surface area contributed by atoms with Gasteiger partial charge in [0.1, 0.15) is 5.75 Å². The van der Waals surface area contributed by atoms with E-state index in [0.29, 0.717) is 20.7 Å². The number of ether oxygens (including phenoxy) is 1. The quantitative estimate of drug-likeness (QED) is 0.696. The second kappa shape index (κ2) is 5.75. The van der Waals surface area contributed by atoms with Gasteiger partial charge in [-0.15, -0.1) is 0 Å². The molecule has 0 aliphatic carbocycles. The van der Waals surface area contributed by atoms with Gasteiger partial charge in [-0.05, 0) is 30.3 Å². The molecule has 6 heteroatoms. The van der Waals surface area contributed by atoms with Crippen LogP contribution in [0.5, 0.6) is 5.75 Å². The number of nitrogens with zero attached hydrogens (tertiary/aromatic N) is 1. The Morgan fingerprint density at radius 1 is 1.29 bits per heavy atom. The zero-order chi connectivity index (χ0) is 14.8. The molecule has 4 nitrogen and oxygen atoms in total. The molecule has 1 fully saturated rings. The maximum absolute atomic E-state index is 12.6. The number of anilines is 1. The molecular weight excluding hydrogens is 304 g/mol. The molecule has 1 aromatic heterocycles. The summed E-state index contributed by atoms with van der Waals surface area (Å²) in [7, 11) is 1.57. The third-order valence-electron chi connectivity index (χ3n) is 3.03. The van der Waals surface area contributed by atoms with Crippen LogP contribution < -0.4 is 9.64 Å². The lowest BCUT2D eigenvalue weighted by molar-refractivity contribution is -0.113. The van der Waals surface area contributed by atoms with E-state index in [4.69, 9.17) is 17.0 Å². The maximum atomic E-state index is 12.6. The molecule has 2 heterocycles. The maximum Gasteiger partial charge on any atom is 0.270 e. The van der Waals surface area contributed by atoms with Gasteiger partial charge in [0.15, 0.2) is 4.32 Å². The van der Waals surface area contributed by atoms with Gasteiger partial charge in [0.05, 0.1) is 17.7 Å². The van der Waals surface area contributed by atoms with E-state index >= 15 is 0 Å². The molecule has 0 atom stereocenters. The van der Waals surface area contributed by atoms with Gasteiger partial charge >= 0.3 is 0 Å². The highest BCUT2D eigenvalue weighted by atomic mass is 32.2. The summed E-state index contributed by atoms with van der Waals surface area (Å²) in [6.07, 6.45) is 3.61. The number of aromatic nitrogens is 1. The first-order chi connectivity index (χ1) is 10.2. The van der Waals surface area contributed by atoms with Crippen molar-refractivity contribution in [3.8, 4) is 5.75 Å². The van der Waals surface area contributed by atoms with Gasteiger partial charge in [-0.3, -0.25) is 9.69 Å². The Labute approximate surface area is 131 Å². The largest absolute Gasteiger partial charge is 0.495 e. The molecule has 1 aliphatic rings. The lowest BCUT2D eigenvalue weighted by atomic mass is 10.2. The Kier molecular flexibility index (Phi) is 3.81. The molecule has 1 aliphatic heterocycles. The first-order valence-electron chi connectivity index (χ1n) is 6.25. The molecule has 0 bridgehead atoms. The van der Waals surface area contributed by atoms with Crippen LogP contribution in [0.1, 0.15) is 5.69 Å². The van der Waals surface area contributed by atoms with Crippen LogP contribution in [0.2, 0.25) is 0 Å². The van der Waals surface area contributed by atoms with Crippen LogP contribution in [-0.4, -0.2) is 22.3 Å². The minimum Gasteiger partial charge on any atom is -0.495 e. The summed E-state index contributed by atoms with van der Waals surface area (Å²) in [5.74, 6) is 0.485. The van der Waals surface area contributed by atoms with Gasteiger partial charge in [0.25, 0.3) is 5.91 Å².